The zero-order chi connectivity index (χ0) is 22.3. The van der Waals surface area contributed by atoms with Crippen LogP contribution in [-0.2, 0) is 19.4 Å². The summed E-state index contributed by atoms with van der Waals surface area (Å²) in [5, 5.41) is 3.03. The molecule has 164 valence electrons. The second-order valence-electron chi connectivity index (χ2n) is 7.84. The molecule has 1 N–H and O–H groups in total. The van der Waals surface area contributed by atoms with Crippen LogP contribution >= 0.6 is 0 Å². The van der Waals surface area contributed by atoms with Crippen molar-refractivity contribution in [2.45, 2.75) is 33.2 Å². The molecule has 0 aliphatic heterocycles. The van der Waals surface area contributed by atoms with Crippen molar-refractivity contribution in [1.82, 2.24) is 14.9 Å². The average Bonchev–Trinajstić information content (AvgIpc) is 3.17. The quantitative estimate of drug-likeness (QED) is 0.411. The summed E-state index contributed by atoms with van der Waals surface area (Å²) in [5.41, 5.74) is 5.02. The normalized spacial score (nSPS) is 10.9. The lowest BCUT2D eigenvalue weighted by Gasteiger charge is -2.12. The van der Waals surface area contributed by atoms with E-state index in [9.17, 15) is 4.79 Å². The second-order valence-corrected chi connectivity index (χ2v) is 7.84. The van der Waals surface area contributed by atoms with Gasteiger partial charge in [0.2, 0.25) is 0 Å². The molecule has 0 saturated carbocycles. The third kappa shape index (κ3) is 4.99. The fraction of sp³-hybridized carbons (Fsp3) is 0.259. The number of hydrogen-bond acceptors (Lipinski definition) is 3. The number of ether oxygens (including phenoxy) is 1. The van der Waals surface area contributed by atoms with E-state index in [1.807, 2.05) is 61.5 Å². The summed E-state index contributed by atoms with van der Waals surface area (Å²) >= 11 is 0. The van der Waals surface area contributed by atoms with Gasteiger partial charge in [-0.3, -0.25) is 4.79 Å². The lowest BCUT2D eigenvalue weighted by Crippen LogP contribution is -2.27. The molecule has 3 aromatic carbocycles. The number of nitrogens with zero attached hydrogens (tertiary/aromatic N) is 2. The van der Waals surface area contributed by atoms with Gasteiger partial charge < -0.3 is 14.6 Å². The standard InChI is InChI=1S/C27H29N3O2/c1-3-21-12-14-22(15-13-21)32-19-18-30-25-11-7-6-10-24(25)29-26(30)16-17-28-27(31)23-9-5-4-8-20(23)2/h4-15H,3,16-19H2,1-2H3,(H,28,31). The first-order valence-electron chi connectivity index (χ1n) is 11.2. The zero-order valence-electron chi connectivity index (χ0n) is 18.7. The molecule has 0 spiro atoms. The van der Waals surface area contributed by atoms with Crippen LogP contribution in [0.1, 0.15) is 34.2 Å². The van der Waals surface area contributed by atoms with Crippen molar-refractivity contribution in [3.8, 4) is 5.75 Å². The molecule has 0 aliphatic rings. The molecular formula is C27H29N3O2. The molecular weight excluding hydrogens is 398 g/mol. The third-order valence-electron chi connectivity index (χ3n) is 5.67. The van der Waals surface area contributed by atoms with Crippen LogP contribution in [0.25, 0.3) is 11.0 Å². The molecule has 1 heterocycles. The minimum absolute atomic E-state index is 0.0513. The number of hydrogen-bond donors (Lipinski definition) is 1. The van der Waals surface area contributed by atoms with Crippen LogP contribution in [0, 0.1) is 6.92 Å². The largest absolute Gasteiger partial charge is 0.492 e. The van der Waals surface area contributed by atoms with Gasteiger partial charge in [-0.15, -0.1) is 0 Å². The van der Waals surface area contributed by atoms with Crippen LogP contribution in [0.4, 0.5) is 0 Å². The van der Waals surface area contributed by atoms with E-state index in [4.69, 9.17) is 9.72 Å². The first kappa shape index (κ1) is 21.6. The molecule has 5 nitrogen and oxygen atoms in total. The predicted molar refractivity (Wildman–Crippen MR) is 128 cm³/mol. The monoisotopic (exact) mass is 427 g/mol. The van der Waals surface area contributed by atoms with Crippen molar-refractivity contribution in [2.75, 3.05) is 13.2 Å². The number of imidazole rings is 1. The van der Waals surface area contributed by atoms with E-state index in [2.05, 4.69) is 35.0 Å². The fourth-order valence-corrected chi connectivity index (χ4v) is 3.85. The fourth-order valence-electron chi connectivity index (χ4n) is 3.85. The maximum absolute atomic E-state index is 12.5. The van der Waals surface area contributed by atoms with Gasteiger partial charge in [-0.2, -0.15) is 0 Å². The maximum Gasteiger partial charge on any atom is 0.251 e. The molecule has 0 fully saturated rings. The van der Waals surface area contributed by atoms with E-state index in [0.717, 1.165) is 34.6 Å². The average molecular weight is 428 g/mol. The number of fused-ring (bicyclic) bond motifs is 1. The molecule has 0 aliphatic carbocycles. The Morgan fingerprint density at radius 3 is 2.53 bits per heavy atom. The maximum atomic E-state index is 12.5. The van der Waals surface area contributed by atoms with Gasteiger partial charge in [0.1, 0.15) is 18.2 Å². The topological polar surface area (TPSA) is 56.1 Å². The molecule has 0 atom stereocenters. The first-order valence-corrected chi connectivity index (χ1v) is 11.2. The SMILES string of the molecule is CCc1ccc(OCCn2c(CCNC(=O)c3ccccc3C)nc3ccccc32)cc1. The number of carbonyl (C=O) groups is 1. The summed E-state index contributed by atoms with van der Waals surface area (Å²) in [6, 6.07) is 24.0. The van der Waals surface area contributed by atoms with E-state index in [1.165, 1.54) is 5.56 Å². The van der Waals surface area contributed by atoms with Crippen molar-refractivity contribution in [2.24, 2.45) is 0 Å². The zero-order valence-corrected chi connectivity index (χ0v) is 18.7. The van der Waals surface area contributed by atoms with Gasteiger partial charge in [0, 0.05) is 18.5 Å². The molecule has 1 aromatic heterocycles. The van der Waals surface area contributed by atoms with Crippen molar-refractivity contribution in [1.29, 1.82) is 0 Å². The van der Waals surface area contributed by atoms with Crippen molar-refractivity contribution in [3.63, 3.8) is 0 Å². The molecule has 0 radical (unpaired) electrons. The smallest absolute Gasteiger partial charge is 0.251 e. The van der Waals surface area contributed by atoms with Gasteiger partial charge in [-0.05, 0) is 54.8 Å². The highest BCUT2D eigenvalue weighted by Crippen LogP contribution is 2.18. The highest BCUT2D eigenvalue weighted by Gasteiger charge is 2.12. The van der Waals surface area contributed by atoms with E-state index in [0.29, 0.717) is 31.7 Å². The minimum atomic E-state index is -0.0513. The Labute approximate surface area is 189 Å². The molecule has 0 bridgehead atoms. The molecule has 0 saturated heterocycles. The first-order chi connectivity index (χ1) is 15.7. The lowest BCUT2D eigenvalue weighted by atomic mass is 10.1. The Morgan fingerprint density at radius 2 is 1.75 bits per heavy atom. The third-order valence-corrected chi connectivity index (χ3v) is 5.67. The van der Waals surface area contributed by atoms with Gasteiger partial charge in [-0.1, -0.05) is 49.4 Å². The van der Waals surface area contributed by atoms with Crippen LogP contribution in [0.2, 0.25) is 0 Å². The van der Waals surface area contributed by atoms with E-state index in [-0.39, 0.29) is 5.91 Å². The molecule has 0 unspecified atom stereocenters. The van der Waals surface area contributed by atoms with Crippen molar-refractivity contribution >= 4 is 16.9 Å². The summed E-state index contributed by atoms with van der Waals surface area (Å²) in [6.45, 7) is 5.86. The number of nitrogens with one attached hydrogen (secondary N) is 1. The van der Waals surface area contributed by atoms with Crippen LogP contribution in [0.3, 0.4) is 0 Å². The van der Waals surface area contributed by atoms with Gasteiger partial charge >= 0.3 is 0 Å². The minimum Gasteiger partial charge on any atom is -0.492 e. The van der Waals surface area contributed by atoms with E-state index in [1.54, 1.807) is 0 Å². The van der Waals surface area contributed by atoms with Crippen LogP contribution in [0.15, 0.2) is 72.8 Å². The van der Waals surface area contributed by atoms with Crippen LogP contribution in [-0.4, -0.2) is 28.6 Å². The van der Waals surface area contributed by atoms with Gasteiger partial charge in [0.05, 0.1) is 17.6 Å². The van der Waals surface area contributed by atoms with Crippen LogP contribution < -0.4 is 10.1 Å². The number of aromatic nitrogens is 2. The molecule has 4 rings (SSSR count). The summed E-state index contributed by atoms with van der Waals surface area (Å²) < 4.78 is 8.17. The number of carbonyl (C=O) groups excluding carboxylic acids is 1. The highest BCUT2D eigenvalue weighted by molar-refractivity contribution is 5.95. The molecule has 5 heteroatoms. The Balaban J connectivity index is 1.41. The van der Waals surface area contributed by atoms with Gasteiger partial charge in [0.25, 0.3) is 5.91 Å². The Morgan fingerprint density at radius 1 is 1.00 bits per heavy atom. The van der Waals surface area contributed by atoms with E-state index >= 15 is 0 Å². The Bertz CT molecular complexity index is 1200. The molecule has 4 aromatic rings. The summed E-state index contributed by atoms with van der Waals surface area (Å²) in [4.78, 5) is 17.3. The number of amides is 1. The summed E-state index contributed by atoms with van der Waals surface area (Å²) in [7, 11) is 0. The second kappa shape index (κ2) is 10.1. The van der Waals surface area contributed by atoms with Crippen molar-refractivity contribution < 1.29 is 9.53 Å². The highest BCUT2D eigenvalue weighted by atomic mass is 16.5. The van der Waals surface area contributed by atoms with Gasteiger partial charge in [-0.25, -0.2) is 4.98 Å². The Hall–Kier alpha value is -3.60. The molecule has 1 amide bonds. The lowest BCUT2D eigenvalue weighted by molar-refractivity contribution is 0.0953. The number of aryl methyl sites for hydroxylation is 2. The predicted octanol–water partition coefficient (Wildman–Crippen LogP) is 4.96. The van der Waals surface area contributed by atoms with E-state index < -0.39 is 0 Å². The summed E-state index contributed by atoms with van der Waals surface area (Å²) in [6.07, 6.45) is 1.67. The number of rotatable bonds is 9. The van der Waals surface area contributed by atoms with Crippen molar-refractivity contribution in [3.05, 3.63) is 95.3 Å². The summed E-state index contributed by atoms with van der Waals surface area (Å²) in [5.74, 6) is 1.77. The van der Waals surface area contributed by atoms with Crippen LogP contribution in [0.5, 0.6) is 5.75 Å². The molecule has 32 heavy (non-hydrogen) atoms. The van der Waals surface area contributed by atoms with Gasteiger partial charge in [0.15, 0.2) is 0 Å². The number of para-hydroxylation sites is 2. The Kier molecular flexibility index (Phi) is 6.85. The number of benzene rings is 3.